The highest BCUT2D eigenvalue weighted by atomic mass is 19.4. The summed E-state index contributed by atoms with van der Waals surface area (Å²) in [4.78, 5) is 27.2. The van der Waals surface area contributed by atoms with E-state index in [1.165, 1.54) is 24.3 Å². The van der Waals surface area contributed by atoms with Crippen LogP contribution in [0.25, 0.3) is 11.0 Å². The third-order valence-electron chi connectivity index (χ3n) is 6.33. The van der Waals surface area contributed by atoms with E-state index < -0.39 is 24.8 Å². The van der Waals surface area contributed by atoms with Gasteiger partial charge in [0.2, 0.25) is 5.95 Å². The highest BCUT2D eigenvalue weighted by Crippen LogP contribution is 2.40. The lowest BCUT2D eigenvalue weighted by Crippen LogP contribution is -2.33. The van der Waals surface area contributed by atoms with Crippen molar-refractivity contribution in [1.82, 2.24) is 14.9 Å². The van der Waals surface area contributed by atoms with Crippen molar-refractivity contribution in [3.8, 4) is 11.5 Å². The van der Waals surface area contributed by atoms with Gasteiger partial charge in [0.05, 0.1) is 11.0 Å². The van der Waals surface area contributed by atoms with Gasteiger partial charge >= 0.3 is 12.3 Å². The van der Waals surface area contributed by atoms with E-state index >= 15 is 0 Å². The second-order valence-electron chi connectivity index (χ2n) is 9.68. The summed E-state index contributed by atoms with van der Waals surface area (Å²) in [6.45, 7) is 3.59. The van der Waals surface area contributed by atoms with Crippen molar-refractivity contribution in [1.29, 1.82) is 0 Å². The van der Waals surface area contributed by atoms with E-state index in [0.29, 0.717) is 34.7 Å². The molecule has 1 heterocycles. The third kappa shape index (κ3) is 7.08. The summed E-state index contributed by atoms with van der Waals surface area (Å²) in [7, 11) is 0. The molecule has 2 atom stereocenters. The number of benzene rings is 2. The number of nitrogens with one attached hydrogen (secondary N) is 2. The summed E-state index contributed by atoms with van der Waals surface area (Å²) in [5, 5.41) is 14.1. The number of alkyl halides is 3. The monoisotopic (exact) mass is 534 g/mol. The maximum absolute atomic E-state index is 12.5. The van der Waals surface area contributed by atoms with Gasteiger partial charge in [-0.1, -0.05) is 13.8 Å². The quantitative estimate of drug-likeness (QED) is 0.343. The van der Waals surface area contributed by atoms with Crippen LogP contribution >= 0.6 is 0 Å². The van der Waals surface area contributed by atoms with Crippen LogP contribution in [0, 0.1) is 11.8 Å². The van der Waals surface area contributed by atoms with Crippen molar-refractivity contribution in [3.63, 3.8) is 0 Å². The SMILES string of the molecule is CC1CC(C)CC(n2c(Nc3ccc(OC(F)(F)F)cc3)nc3cc(OCC(=O)NCC(=O)O)ccc32)C1. The molecule has 3 aromatic rings. The normalized spacial score (nSPS) is 19.7. The molecule has 1 saturated carbocycles. The molecule has 2 unspecified atom stereocenters. The molecule has 9 nitrogen and oxygen atoms in total. The van der Waals surface area contributed by atoms with Crippen molar-refractivity contribution < 1.29 is 37.3 Å². The van der Waals surface area contributed by atoms with Gasteiger partial charge < -0.3 is 29.8 Å². The van der Waals surface area contributed by atoms with E-state index in [-0.39, 0.29) is 18.4 Å². The fraction of sp³-hybridized carbons (Fsp3) is 0.423. The second kappa shape index (κ2) is 11.2. The molecule has 12 heteroatoms. The molecule has 204 valence electrons. The van der Waals surface area contributed by atoms with Crippen LogP contribution in [-0.4, -0.2) is 46.0 Å². The minimum Gasteiger partial charge on any atom is -0.484 e. The van der Waals surface area contributed by atoms with Gasteiger partial charge in [-0.15, -0.1) is 13.2 Å². The number of aliphatic carboxylic acids is 1. The van der Waals surface area contributed by atoms with Crippen molar-refractivity contribution >= 4 is 34.5 Å². The molecule has 1 aliphatic carbocycles. The molecule has 0 bridgehead atoms. The van der Waals surface area contributed by atoms with Crippen LogP contribution in [0.1, 0.15) is 39.2 Å². The Morgan fingerprint density at radius 3 is 2.34 bits per heavy atom. The van der Waals surface area contributed by atoms with Crippen LogP contribution in [-0.2, 0) is 9.59 Å². The minimum absolute atomic E-state index is 0.155. The smallest absolute Gasteiger partial charge is 0.484 e. The number of amides is 1. The predicted octanol–water partition coefficient (Wildman–Crippen LogP) is 5.26. The molecule has 0 radical (unpaired) electrons. The van der Waals surface area contributed by atoms with E-state index in [1.807, 2.05) is 6.07 Å². The van der Waals surface area contributed by atoms with Crippen LogP contribution in [0.2, 0.25) is 0 Å². The number of aromatic nitrogens is 2. The fourth-order valence-corrected chi connectivity index (χ4v) is 4.98. The Labute approximate surface area is 216 Å². The molecule has 1 amide bonds. The molecule has 38 heavy (non-hydrogen) atoms. The molecular formula is C26H29F3N4O5. The van der Waals surface area contributed by atoms with E-state index in [9.17, 15) is 22.8 Å². The Morgan fingerprint density at radius 2 is 1.71 bits per heavy atom. The third-order valence-corrected chi connectivity index (χ3v) is 6.33. The van der Waals surface area contributed by atoms with Crippen molar-refractivity contribution in [2.24, 2.45) is 11.8 Å². The number of carboxylic acid groups (broad SMARTS) is 1. The number of halogens is 3. The summed E-state index contributed by atoms with van der Waals surface area (Å²) in [6.07, 6.45) is -1.74. The largest absolute Gasteiger partial charge is 0.573 e. The first kappa shape index (κ1) is 27.1. The van der Waals surface area contributed by atoms with Gasteiger partial charge in [-0.25, -0.2) is 4.98 Å². The molecular weight excluding hydrogens is 505 g/mol. The number of fused-ring (bicyclic) bond motifs is 1. The standard InChI is InChI=1S/C26H29F3N4O5/c1-15-9-16(2)11-18(10-15)33-22-8-7-20(37-14-23(34)30-13-24(35)36)12-21(22)32-25(33)31-17-3-5-19(6-4-17)38-26(27,28)29/h3-8,12,15-16,18H,9-11,13-14H2,1-2H3,(H,30,34)(H,31,32)(H,35,36). The number of ether oxygens (including phenoxy) is 2. The fourth-order valence-electron chi connectivity index (χ4n) is 4.98. The highest BCUT2D eigenvalue weighted by Gasteiger charge is 2.31. The van der Waals surface area contributed by atoms with Gasteiger partial charge in [0, 0.05) is 17.8 Å². The van der Waals surface area contributed by atoms with E-state index in [2.05, 4.69) is 33.8 Å². The number of hydrogen-bond donors (Lipinski definition) is 3. The average Bonchev–Trinajstić information content (AvgIpc) is 3.18. The van der Waals surface area contributed by atoms with Crippen molar-refractivity contribution in [2.45, 2.75) is 45.5 Å². The Morgan fingerprint density at radius 1 is 1.05 bits per heavy atom. The maximum atomic E-state index is 12.5. The molecule has 1 fully saturated rings. The molecule has 3 N–H and O–H groups in total. The van der Waals surface area contributed by atoms with Crippen molar-refractivity contribution in [2.75, 3.05) is 18.5 Å². The minimum atomic E-state index is -4.77. The molecule has 1 aromatic heterocycles. The summed E-state index contributed by atoms with van der Waals surface area (Å²) < 4.78 is 49.2. The van der Waals surface area contributed by atoms with Crippen LogP contribution < -0.4 is 20.1 Å². The first-order valence-electron chi connectivity index (χ1n) is 12.2. The number of carbonyl (C=O) groups excluding carboxylic acids is 1. The summed E-state index contributed by atoms with van der Waals surface area (Å²) in [6, 6.07) is 10.8. The van der Waals surface area contributed by atoms with Crippen LogP contribution in [0.4, 0.5) is 24.8 Å². The number of anilines is 2. The van der Waals surface area contributed by atoms with E-state index in [4.69, 9.17) is 14.8 Å². The van der Waals surface area contributed by atoms with E-state index in [0.717, 1.165) is 24.8 Å². The Balaban J connectivity index is 1.60. The summed E-state index contributed by atoms with van der Waals surface area (Å²) in [5.74, 6) is -0.0896. The Hall–Kier alpha value is -3.96. The molecule has 4 rings (SSSR count). The first-order valence-corrected chi connectivity index (χ1v) is 12.2. The molecule has 2 aromatic carbocycles. The average molecular weight is 535 g/mol. The van der Waals surface area contributed by atoms with Gasteiger partial charge in [-0.05, 0) is 67.5 Å². The number of rotatable bonds is 9. The van der Waals surface area contributed by atoms with E-state index in [1.54, 1.807) is 12.1 Å². The van der Waals surface area contributed by atoms with Crippen molar-refractivity contribution in [3.05, 3.63) is 42.5 Å². The van der Waals surface area contributed by atoms with Gasteiger partial charge in [-0.3, -0.25) is 9.59 Å². The van der Waals surface area contributed by atoms with Gasteiger partial charge in [-0.2, -0.15) is 0 Å². The second-order valence-corrected chi connectivity index (χ2v) is 9.68. The van der Waals surface area contributed by atoms with Crippen LogP contribution in [0.5, 0.6) is 11.5 Å². The van der Waals surface area contributed by atoms with Gasteiger partial charge in [0.1, 0.15) is 18.0 Å². The number of nitrogens with zero attached hydrogens (tertiary/aromatic N) is 2. The molecule has 0 aliphatic heterocycles. The lowest BCUT2D eigenvalue weighted by molar-refractivity contribution is -0.274. The Bertz CT molecular complexity index is 1280. The predicted molar refractivity (Wildman–Crippen MR) is 133 cm³/mol. The molecule has 0 saturated heterocycles. The van der Waals surface area contributed by atoms with Crippen LogP contribution in [0.3, 0.4) is 0 Å². The number of carbonyl (C=O) groups is 2. The first-order chi connectivity index (χ1) is 18.0. The zero-order valence-corrected chi connectivity index (χ0v) is 20.9. The number of imidazole rings is 1. The maximum Gasteiger partial charge on any atom is 0.573 e. The van der Waals surface area contributed by atoms with Gasteiger partial charge in [0.25, 0.3) is 5.91 Å². The van der Waals surface area contributed by atoms with Gasteiger partial charge in [0.15, 0.2) is 6.61 Å². The summed E-state index contributed by atoms with van der Waals surface area (Å²) in [5.41, 5.74) is 2.00. The summed E-state index contributed by atoms with van der Waals surface area (Å²) >= 11 is 0. The lowest BCUT2D eigenvalue weighted by Gasteiger charge is -2.33. The molecule has 0 spiro atoms. The molecule has 1 aliphatic rings. The zero-order valence-electron chi connectivity index (χ0n) is 20.9. The lowest BCUT2D eigenvalue weighted by atomic mass is 9.80. The van der Waals surface area contributed by atoms with Crippen LogP contribution in [0.15, 0.2) is 42.5 Å². The Kier molecular flexibility index (Phi) is 7.98. The number of carboxylic acids is 1. The topological polar surface area (TPSA) is 115 Å². The number of hydrogen-bond acceptors (Lipinski definition) is 6. The zero-order chi connectivity index (χ0) is 27.4. The highest BCUT2D eigenvalue weighted by molar-refractivity contribution is 5.83.